The van der Waals surface area contributed by atoms with Crippen molar-refractivity contribution >= 4 is 27.8 Å². The number of para-hydroxylation sites is 3. The molecule has 0 unspecified atom stereocenters. The van der Waals surface area contributed by atoms with Gasteiger partial charge in [-0.1, -0.05) is 30.3 Å². The predicted octanol–water partition coefficient (Wildman–Crippen LogP) is 1.54. The number of aromatic amines is 1. The third kappa shape index (κ3) is 3.11. The zero-order valence-electron chi connectivity index (χ0n) is 15.4. The van der Waals surface area contributed by atoms with Crippen molar-refractivity contribution in [3.8, 4) is 0 Å². The highest BCUT2D eigenvalue weighted by Gasteiger charge is 2.13. The number of hydrogen-bond acceptors (Lipinski definition) is 3. The van der Waals surface area contributed by atoms with Crippen LogP contribution in [0.2, 0.25) is 0 Å². The Hall–Kier alpha value is -3.61. The average molecular weight is 376 g/mol. The first-order valence-electron chi connectivity index (χ1n) is 9.06. The first-order chi connectivity index (χ1) is 13.6. The second-order valence-electron chi connectivity index (χ2n) is 6.70. The summed E-state index contributed by atoms with van der Waals surface area (Å²) in [5.41, 5.74) is 1.99. The van der Waals surface area contributed by atoms with Crippen LogP contribution in [0.4, 0.5) is 0 Å². The van der Waals surface area contributed by atoms with Gasteiger partial charge in [-0.3, -0.25) is 19.0 Å². The lowest BCUT2D eigenvalue weighted by Crippen LogP contribution is -2.43. The third-order valence-electron chi connectivity index (χ3n) is 4.96. The molecule has 0 atom stereocenters. The fourth-order valence-corrected chi connectivity index (χ4v) is 3.49. The van der Waals surface area contributed by atoms with Crippen molar-refractivity contribution in [2.45, 2.75) is 13.0 Å². The highest BCUT2D eigenvalue weighted by molar-refractivity contribution is 5.83. The third-order valence-corrected chi connectivity index (χ3v) is 4.96. The Morgan fingerprint density at radius 1 is 1.00 bits per heavy atom. The number of aromatic nitrogens is 3. The molecule has 142 valence electrons. The first kappa shape index (κ1) is 17.8. The van der Waals surface area contributed by atoms with Gasteiger partial charge in [-0.05, 0) is 30.2 Å². The van der Waals surface area contributed by atoms with Gasteiger partial charge in [0.15, 0.2) is 0 Å². The van der Waals surface area contributed by atoms with Gasteiger partial charge >= 0.3 is 11.1 Å². The molecule has 0 bridgehead atoms. The summed E-state index contributed by atoms with van der Waals surface area (Å²) in [6.07, 6.45) is 2.61. The zero-order valence-corrected chi connectivity index (χ0v) is 15.4. The lowest BCUT2D eigenvalue weighted by molar-refractivity contribution is -0.121. The van der Waals surface area contributed by atoms with Crippen molar-refractivity contribution in [2.24, 2.45) is 7.05 Å². The van der Waals surface area contributed by atoms with Crippen LogP contribution in [0.1, 0.15) is 5.56 Å². The van der Waals surface area contributed by atoms with Gasteiger partial charge in [0.25, 0.3) is 0 Å². The first-order valence-corrected chi connectivity index (χ1v) is 9.06. The number of fused-ring (bicyclic) bond motifs is 2. The number of benzene rings is 2. The van der Waals surface area contributed by atoms with Crippen molar-refractivity contribution in [1.82, 2.24) is 19.4 Å². The number of rotatable bonds is 5. The summed E-state index contributed by atoms with van der Waals surface area (Å²) in [5, 5.41) is 3.97. The molecule has 0 aliphatic rings. The van der Waals surface area contributed by atoms with E-state index in [1.54, 1.807) is 31.3 Å². The van der Waals surface area contributed by atoms with Crippen LogP contribution in [0.15, 0.2) is 64.3 Å². The summed E-state index contributed by atoms with van der Waals surface area (Å²) in [7, 11) is 1.55. The fraction of sp³-hybridized carbons (Fsp3) is 0.190. The quantitative estimate of drug-likeness (QED) is 0.518. The lowest BCUT2D eigenvalue weighted by atomic mass is 10.1. The van der Waals surface area contributed by atoms with E-state index >= 15 is 0 Å². The molecule has 2 heterocycles. The normalized spacial score (nSPS) is 11.2. The number of nitrogens with zero attached hydrogens (tertiary/aromatic N) is 2. The Morgan fingerprint density at radius 3 is 2.54 bits per heavy atom. The van der Waals surface area contributed by atoms with E-state index in [1.807, 2.05) is 30.5 Å². The number of nitrogens with one attached hydrogen (secondary N) is 2. The van der Waals surface area contributed by atoms with E-state index in [0.29, 0.717) is 24.0 Å². The molecule has 0 saturated carbocycles. The molecule has 1 amide bonds. The van der Waals surface area contributed by atoms with Crippen molar-refractivity contribution in [3.05, 3.63) is 81.0 Å². The zero-order chi connectivity index (χ0) is 19.7. The second-order valence-corrected chi connectivity index (χ2v) is 6.70. The second kappa shape index (κ2) is 7.19. The molecule has 0 aliphatic carbocycles. The molecule has 0 radical (unpaired) electrons. The van der Waals surface area contributed by atoms with Crippen molar-refractivity contribution in [2.75, 3.05) is 6.54 Å². The van der Waals surface area contributed by atoms with Gasteiger partial charge in [0, 0.05) is 30.7 Å². The number of carbonyl (C=O) groups is 1. The smallest absolute Gasteiger partial charge is 0.317 e. The van der Waals surface area contributed by atoms with Gasteiger partial charge in [0.05, 0.1) is 11.0 Å². The van der Waals surface area contributed by atoms with E-state index in [1.165, 1.54) is 9.13 Å². The monoisotopic (exact) mass is 376 g/mol. The minimum atomic E-state index is -0.701. The molecule has 0 fully saturated rings. The topological polar surface area (TPSA) is 88.9 Å². The average Bonchev–Trinajstić information content (AvgIpc) is 3.13. The number of carbonyl (C=O) groups excluding carboxylic acids is 1. The Kier molecular flexibility index (Phi) is 4.57. The highest BCUT2D eigenvalue weighted by atomic mass is 16.2. The van der Waals surface area contributed by atoms with Crippen molar-refractivity contribution in [3.63, 3.8) is 0 Å². The van der Waals surface area contributed by atoms with Crippen molar-refractivity contribution in [1.29, 1.82) is 0 Å². The van der Waals surface area contributed by atoms with Crippen LogP contribution >= 0.6 is 0 Å². The van der Waals surface area contributed by atoms with E-state index < -0.39 is 11.1 Å². The SMILES string of the molecule is Cn1c(=O)c(=O)n(CC(=O)NCCc2c[nH]c3ccccc23)c2ccccc21. The van der Waals surface area contributed by atoms with Crippen molar-refractivity contribution < 1.29 is 4.79 Å². The molecule has 28 heavy (non-hydrogen) atoms. The molecule has 2 N–H and O–H groups in total. The van der Waals surface area contributed by atoms with Gasteiger partial charge in [0.2, 0.25) is 5.91 Å². The van der Waals surface area contributed by atoms with E-state index in [2.05, 4.69) is 10.3 Å². The molecular weight excluding hydrogens is 356 g/mol. The van der Waals surface area contributed by atoms with Crippen LogP contribution in [0, 0.1) is 0 Å². The van der Waals surface area contributed by atoms with E-state index in [-0.39, 0.29) is 12.5 Å². The summed E-state index contributed by atoms with van der Waals surface area (Å²) in [6, 6.07) is 15.0. The van der Waals surface area contributed by atoms with Crippen LogP contribution in [-0.2, 0) is 24.8 Å². The van der Waals surface area contributed by atoms with E-state index in [9.17, 15) is 14.4 Å². The molecule has 4 rings (SSSR count). The number of amides is 1. The van der Waals surface area contributed by atoms with Crippen LogP contribution in [0.3, 0.4) is 0 Å². The summed E-state index contributed by atoms with van der Waals surface area (Å²) in [4.78, 5) is 40.2. The predicted molar refractivity (Wildman–Crippen MR) is 108 cm³/mol. The largest absolute Gasteiger partial charge is 0.361 e. The lowest BCUT2D eigenvalue weighted by Gasteiger charge is -2.12. The molecule has 0 spiro atoms. The minimum Gasteiger partial charge on any atom is -0.361 e. The molecule has 2 aromatic carbocycles. The minimum absolute atomic E-state index is 0.191. The van der Waals surface area contributed by atoms with Gasteiger partial charge in [-0.2, -0.15) is 0 Å². The van der Waals surface area contributed by atoms with Gasteiger partial charge in [-0.15, -0.1) is 0 Å². The van der Waals surface area contributed by atoms with Crippen LogP contribution in [0.5, 0.6) is 0 Å². The summed E-state index contributed by atoms with van der Waals surface area (Å²) in [6.45, 7) is 0.252. The number of hydrogen-bond donors (Lipinski definition) is 2. The van der Waals surface area contributed by atoms with Crippen LogP contribution < -0.4 is 16.4 Å². The Morgan fingerprint density at radius 2 is 1.71 bits per heavy atom. The Labute approximate surface area is 160 Å². The Balaban J connectivity index is 1.50. The Bertz CT molecular complexity index is 1300. The van der Waals surface area contributed by atoms with Crippen LogP contribution in [-0.4, -0.2) is 26.6 Å². The molecule has 7 heteroatoms. The fourth-order valence-electron chi connectivity index (χ4n) is 3.49. The highest BCUT2D eigenvalue weighted by Crippen LogP contribution is 2.17. The molecule has 7 nitrogen and oxygen atoms in total. The summed E-state index contributed by atoms with van der Waals surface area (Å²) < 4.78 is 2.54. The van der Waals surface area contributed by atoms with Crippen LogP contribution in [0.25, 0.3) is 21.9 Å². The molecule has 0 saturated heterocycles. The van der Waals surface area contributed by atoms with Gasteiger partial charge in [0.1, 0.15) is 6.54 Å². The van der Waals surface area contributed by atoms with Gasteiger partial charge in [-0.25, -0.2) is 0 Å². The van der Waals surface area contributed by atoms with Gasteiger partial charge < -0.3 is 14.9 Å². The number of aryl methyl sites for hydroxylation is 1. The molecular formula is C21H20N4O3. The molecule has 2 aromatic heterocycles. The maximum atomic E-state index is 12.4. The maximum Gasteiger partial charge on any atom is 0.317 e. The molecule has 0 aliphatic heterocycles. The van der Waals surface area contributed by atoms with E-state index in [0.717, 1.165) is 16.5 Å². The van der Waals surface area contributed by atoms with E-state index in [4.69, 9.17) is 0 Å². The number of H-pyrrole nitrogens is 1. The standard InChI is InChI=1S/C21H20N4O3/c1-24-17-8-4-5-9-18(17)25(21(28)20(24)27)13-19(26)22-11-10-14-12-23-16-7-3-2-6-15(14)16/h2-9,12,23H,10-11,13H2,1H3,(H,22,26). The summed E-state index contributed by atoms with van der Waals surface area (Å²) in [5.74, 6) is -0.305. The maximum absolute atomic E-state index is 12.4. The summed E-state index contributed by atoms with van der Waals surface area (Å²) >= 11 is 0. The molecule has 4 aromatic rings.